The lowest BCUT2D eigenvalue weighted by Crippen LogP contribution is -2.29. The third-order valence-corrected chi connectivity index (χ3v) is 3.70. The highest BCUT2D eigenvalue weighted by molar-refractivity contribution is 5.92. The first-order valence-electron chi connectivity index (χ1n) is 7.99. The molecular weight excluding hydrogens is 302 g/mol. The second-order valence-corrected chi connectivity index (χ2v) is 5.76. The molecule has 2 N–H and O–H groups in total. The highest BCUT2D eigenvalue weighted by Gasteiger charge is 2.03. The second-order valence-electron chi connectivity index (χ2n) is 5.76. The topological polar surface area (TPSA) is 53.6 Å². The van der Waals surface area contributed by atoms with Crippen molar-refractivity contribution in [1.82, 2.24) is 5.32 Å². The van der Waals surface area contributed by atoms with Gasteiger partial charge in [-0.1, -0.05) is 12.1 Å². The summed E-state index contributed by atoms with van der Waals surface area (Å²) < 4.78 is 5.13. The molecule has 0 saturated heterocycles. The maximum absolute atomic E-state index is 11.9. The molecule has 0 aliphatic rings. The van der Waals surface area contributed by atoms with E-state index in [0.29, 0.717) is 6.54 Å². The van der Waals surface area contributed by atoms with Gasteiger partial charge in [0.05, 0.1) is 13.7 Å². The smallest absolute Gasteiger partial charge is 0.238 e. The summed E-state index contributed by atoms with van der Waals surface area (Å²) in [6.45, 7) is 1.05. The molecule has 0 aromatic heterocycles. The Hall–Kier alpha value is -2.53. The zero-order chi connectivity index (χ0) is 17.4. The van der Waals surface area contributed by atoms with E-state index in [-0.39, 0.29) is 5.91 Å². The quantitative estimate of drug-likeness (QED) is 0.732. The Labute approximate surface area is 143 Å². The summed E-state index contributed by atoms with van der Waals surface area (Å²) in [5, 5.41) is 6.05. The van der Waals surface area contributed by atoms with Crippen molar-refractivity contribution in [3.05, 3.63) is 54.1 Å². The fourth-order valence-corrected chi connectivity index (χ4v) is 2.27. The van der Waals surface area contributed by atoms with E-state index >= 15 is 0 Å². The van der Waals surface area contributed by atoms with E-state index < -0.39 is 0 Å². The van der Waals surface area contributed by atoms with Crippen LogP contribution < -0.4 is 20.3 Å². The second kappa shape index (κ2) is 8.93. The number of benzene rings is 2. The Morgan fingerprint density at radius 1 is 1.04 bits per heavy atom. The number of carbonyl (C=O) groups is 1. The van der Waals surface area contributed by atoms with Gasteiger partial charge in [-0.15, -0.1) is 0 Å². The largest absolute Gasteiger partial charge is 0.497 e. The molecule has 2 aromatic carbocycles. The Morgan fingerprint density at radius 3 is 2.29 bits per heavy atom. The molecule has 2 rings (SSSR count). The van der Waals surface area contributed by atoms with Crippen LogP contribution in [0.15, 0.2) is 48.5 Å². The van der Waals surface area contributed by atoms with Gasteiger partial charge < -0.3 is 20.3 Å². The highest BCUT2D eigenvalue weighted by atomic mass is 16.5. The van der Waals surface area contributed by atoms with E-state index in [9.17, 15) is 4.79 Å². The summed E-state index contributed by atoms with van der Waals surface area (Å²) in [6, 6.07) is 15.7. The molecule has 0 saturated carbocycles. The monoisotopic (exact) mass is 327 g/mol. The van der Waals surface area contributed by atoms with Crippen molar-refractivity contribution in [2.45, 2.75) is 6.42 Å². The highest BCUT2D eigenvalue weighted by Crippen LogP contribution is 2.15. The number of methoxy groups -OCH3 is 1. The molecule has 2 aromatic rings. The van der Waals surface area contributed by atoms with E-state index in [1.54, 1.807) is 7.11 Å². The van der Waals surface area contributed by atoms with E-state index in [2.05, 4.69) is 10.6 Å². The molecule has 0 atom stereocenters. The van der Waals surface area contributed by atoms with Crippen LogP contribution >= 0.6 is 0 Å². The Balaban J connectivity index is 1.69. The van der Waals surface area contributed by atoms with Gasteiger partial charge in [0.15, 0.2) is 0 Å². The first-order valence-corrected chi connectivity index (χ1v) is 7.99. The standard InChI is InChI=1S/C19H25N3O2/c1-22(2)17-8-6-16(7-9-17)21-19(23)14-20-13-12-15-4-10-18(24-3)11-5-15/h4-11,20H,12-14H2,1-3H3,(H,21,23). The number of carbonyl (C=O) groups excluding carboxylic acids is 1. The molecule has 0 radical (unpaired) electrons. The van der Waals surface area contributed by atoms with Crippen LogP contribution in [0.2, 0.25) is 0 Å². The summed E-state index contributed by atoms with van der Waals surface area (Å²) in [7, 11) is 5.63. The minimum atomic E-state index is -0.0395. The number of nitrogens with one attached hydrogen (secondary N) is 2. The van der Waals surface area contributed by atoms with Crippen molar-refractivity contribution < 1.29 is 9.53 Å². The Bertz CT molecular complexity index is 637. The van der Waals surface area contributed by atoms with Crippen LogP contribution in [-0.2, 0) is 11.2 Å². The van der Waals surface area contributed by atoms with Gasteiger partial charge in [-0.2, -0.15) is 0 Å². The maximum Gasteiger partial charge on any atom is 0.238 e. The molecule has 0 unspecified atom stereocenters. The normalized spacial score (nSPS) is 10.3. The molecule has 0 fully saturated rings. The van der Waals surface area contributed by atoms with Gasteiger partial charge in [0, 0.05) is 25.5 Å². The predicted molar refractivity (Wildman–Crippen MR) is 99.0 cm³/mol. The summed E-state index contributed by atoms with van der Waals surface area (Å²) in [5.41, 5.74) is 3.12. The average molecular weight is 327 g/mol. The number of hydrogen-bond acceptors (Lipinski definition) is 4. The first kappa shape index (κ1) is 17.8. The molecular formula is C19H25N3O2. The van der Waals surface area contributed by atoms with E-state index in [1.807, 2.05) is 67.5 Å². The molecule has 5 nitrogen and oxygen atoms in total. The zero-order valence-corrected chi connectivity index (χ0v) is 14.5. The third-order valence-electron chi connectivity index (χ3n) is 3.70. The third kappa shape index (κ3) is 5.59. The number of nitrogens with zero attached hydrogens (tertiary/aromatic N) is 1. The lowest BCUT2D eigenvalue weighted by atomic mass is 10.1. The van der Waals surface area contributed by atoms with Gasteiger partial charge in [-0.05, 0) is 54.9 Å². The minimum absolute atomic E-state index is 0.0395. The molecule has 0 heterocycles. The SMILES string of the molecule is COc1ccc(CCNCC(=O)Nc2ccc(N(C)C)cc2)cc1. The van der Waals surface area contributed by atoms with Gasteiger partial charge in [-0.25, -0.2) is 0 Å². The summed E-state index contributed by atoms with van der Waals surface area (Å²) in [5.74, 6) is 0.814. The van der Waals surface area contributed by atoms with E-state index in [4.69, 9.17) is 4.74 Å². The summed E-state index contributed by atoms with van der Waals surface area (Å²) in [4.78, 5) is 13.9. The predicted octanol–water partition coefficient (Wildman–Crippen LogP) is 2.53. The fourth-order valence-electron chi connectivity index (χ4n) is 2.27. The van der Waals surface area contributed by atoms with Crippen LogP contribution in [0.4, 0.5) is 11.4 Å². The van der Waals surface area contributed by atoms with Crippen molar-refractivity contribution >= 4 is 17.3 Å². The number of anilines is 2. The van der Waals surface area contributed by atoms with Crippen LogP contribution in [0, 0.1) is 0 Å². The van der Waals surface area contributed by atoms with Crippen molar-refractivity contribution in [2.75, 3.05) is 44.5 Å². The maximum atomic E-state index is 11.9. The van der Waals surface area contributed by atoms with E-state index in [0.717, 1.165) is 30.1 Å². The first-order chi connectivity index (χ1) is 11.6. The number of rotatable bonds is 8. The molecule has 0 spiro atoms. The van der Waals surface area contributed by atoms with Crippen LogP contribution in [0.3, 0.4) is 0 Å². The van der Waals surface area contributed by atoms with Gasteiger partial charge in [0.25, 0.3) is 0 Å². The van der Waals surface area contributed by atoms with Crippen LogP contribution in [-0.4, -0.2) is 40.2 Å². The lowest BCUT2D eigenvalue weighted by Gasteiger charge is -2.13. The fraction of sp³-hybridized carbons (Fsp3) is 0.316. The zero-order valence-electron chi connectivity index (χ0n) is 14.5. The van der Waals surface area contributed by atoms with Gasteiger partial charge in [0.2, 0.25) is 5.91 Å². The summed E-state index contributed by atoms with van der Waals surface area (Å²) >= 11 is 0. The summed E-state index contributed by atoms with van der Waals surface area (Å²) in [6.07, 6.45) is 0.870. The average Bonchev–Trinajstić information content (AvgIpc) is 2.59. The molecule has 0 aliphatic heterocycles. The van der Waals surface area contributed by atoms with Crippen LogP contribution in [0.1, 0.15) is 5.56 Å². The Morgan fingerprint density at radius 2 is 1.71 bits per heavy atom. The number of amides is 1. The number of hydrogen-bond donors (Lipinski definition) is 2. The molecule has 128 valence electrons. The Kier molecular flexibility index (Phi) is 6.63. The van der Waals surface area contributed by atoms with Gasteiger partial charge >= 0.3 is 0 Å². The molecule has 0 aliphatic carbocycles. The molecule has 5 heteroatoms. The molecule has 24 heavy (non-hydrogen) atoms. The number of ether oxygens (including phenoxy) is 1. The minimum Gasteiger partial charge on any atom is -0.497 e. The van der Waals surface area contributed by atoms with Crippen molar-refractivity contribution in [2.24, 2.45) is 0 Å². The lowest BCUT2D eigenvalue weighted by molar-refractivity contribution is -0.115. The van der Waals surface area contributed by atoms with Crippen molar-refractivity contribution in [3.63, 3.8) is 0 Å². The van der Waals surface area contributed by atoms with Gasteiger partial charge in [0.1, 0.15) is 5.75 Å². The van der Waals surface area contributed by atoms with Crippen molar-refractivity contribution in [3.8, 4) is 5.75 Å². The van der Waals surface area contributed by atoms with Gasteiger partial charge in [-0.3, -0.25) is 4.79 Å². The van der Waals surface area contributed by atoms with E-state index in [1.165, 1.54) is 5.56 Å². The van der Waals surface area contributed by atoms with Crippen LogP contribution in [0.25, 0.3) is 0 Å². The molecule has 0 bridgehead atoms. The van der Waals surface area contributed by atoms with Crippen LogP contribution in [0.5, 0.6) is 5.75 Å². The molecule has 1 amide bonds. The van der Waals surface area contributed by atoms with Crippen molar-refractivity contribution in [1.29, 1.82) is 0 Å².